The van der Waals surface area contributed by atoms with Gasteiger partial charge in [-0.15, -0.1) is 0 Å². The average molecular weight is 360 g/mol. The quantitative estimate of drug-likeness (QED) is 0.784. The van der Waals surface area contributed by atoms with Gasteiger partial charge in [0.05, 0.1) is 13.7 Å². The summed E-state index contributed by atoms with van der Waals surface area (Å²) < 4.78 is 23.6. The van der Waals surface area contributed by atoms with Crippen molar-refractivity contribution in [2.75, 3.05) is 27.3 Å². The maximum absolute atomic E-state index is 12.8. The number of carbonyl (C=O) groups is 1. The number of urea groups is 1. The predicted molar refractivity (Wildman–Crippen MR) is 99.2 cm³/mol. The fourth-order valence-electron chi connectivity index (χ4n) is 2.46. The van der Waals surface area contributed by atoms with Crippen LogP contribution in [0.2, 0.25) is 0 Å². The number of rotatable bonds is 8. The molecule has 1 N–H and O–H groups in total. The van der Waals surface area contributed by atoms with Crippen LogP contribution < -0.4 is 14.8 Å². The van der Waals surface area contributed by atoms with Crippen molar-refractivity contribution in [3.8, 4) is 11.5 Å². The second kappa shape index (κ2) is 9.65. The molecule has 2 rings (SSSR count). The van der Waals surface area contributed by atoms with E-state index in [4.69, 9.17) is 9.47 Å². The molecule has 0 aliphatic heterocycles. The molecule has 0 aromatic heterocycles. The van der Waals surface area contributed by atoms with Crippen molar-refractivity contribution in [3.63, 3.8) is 0 Å². The van der Waals surface area contributed by atoms with E-state index in [1.165, 1.54) is 12.1 Å². The highest BCUT2D eigenvalue weighted by Crippen LogP contribution is 2.14. The van der Waals surface area contributed by atoms with E-state index in [2.05, 4.69) is 5.32 Å². The summed E-state index contributed by atoms with van der Waals surface area (Å²) in [4.78, 5) is 13.8. The Kier molecular flexibility index (Phi) is 7.26. The van der Waals surface area contributed by atoms with Crippen molar-refractivity contribution >= 4 is 6.03 Å². The largest absolute Gasteiger partial charge is 0.497 e. The van der Waals surface area contributed by atoms with E-state index in [0.717, 1.165) is 11.3 Å². The third-order valence-electron chi connectivity index (χ3n) is 3.90. The highest BCUT2D eigenvalue weighted by atomic mass is 19.1. The van der Waals surface area contributed by atoms with E-state index in [0.29, 0.717) is 25.3 Å². The molecule has 2 aromatic rings. The Labute approximate surface area is 153 Å². The maximum Gasteiger partial charge on any atom is 0.317 e. The summed E-state index contributed by atoms with van der Waals surface area (Å²) in [6.45, 7) is 2.72. The van der Waals surface area contributed by atoms with Gasteiger partial charge in [-0.2, -0.15) is 0 Å². The number of carbonyl (C=O) groups excluding carboxylic acids is 1. The molecule has 0 fully saturated rings. The van der Waals surface area contributed by atoms with E-state index in [1.54, 1.807) is 31.2 Å². The summed E-state index contributed by atoms with van der Waals surface area (Å²) in [7, 11) is 3.34. The van der Waals surface area contributed by atoms with Gasteiger partial charge < -0.3 is 19.7 Å². The highest BCUT2D eigenvalue weighted by Gasteiger charge is 2.12. The van der Waals surface area contributed by atoms with Gasteiger partial charge >= 0.3 is 6.03 Å². The van der Waals surface area contributed by atoms with E-state index in [-0.39, 0.29) is 17.9 Å². The average Bonchev–Trinajstić information content (AvgIpc) is 2.63. The molecule has 0 spiro atoms. The SMILES string of the molecule is COc1cccc(CC(C)NC(=O)N(C)CCOc2ccc(F)cc2)c1. The predicted octanol–water partition coefficient (Wildman–Crippen LogP) is 3.49. The van der Waals surface area contributed by atoms with E-state index < -0.39 is 0 Å². The van der Waals surface area contributed by atoms with Gasteiger partial charge in [-0.1, -0.05) is 12.1 Å². The van der Waals surface area contributed by atoms with Crippen LogP contribution in [0.5, 0.6) is 11.5 Å². The standard InChI is InChI=1S/C20H25FN2O3/c1-15(13-16-5-4-6-19(14-16)25-3)22-20(24)23(2)11-12-26-18-9-7-17(21)8-10-18/h4-10,14-15H,11-13H2,1-3H3,(H,22,24). The van der Waals surface area contributed by atoms with Gasteiger partial charge in [-0.05, 0) is 55.3 Å². The number of hydrogen-bond acceptors (Lipinski definition) is 3. The minimum atomic E-state index is -0.307. The third kappa shape index (κ3) is 6.27. The maximum atomic E-state index is 12.8. The first kappa shape index (κ1) is 19.6. The molecule has 0 saturated carbocycles. The third-order valence-corrected chi connectivity index (χ3v) is 3.90. The summed E-state index contributed by atoms with van der Waals surface area (Å²) in [5.41, 5.74) is 1.10. The zero-order valence-electron chi connectivity index (χ0n) is 15.4. The topological polar surface area (TPSA) is 50.8 Å². The van der Waals surface area contributed by atoms with E-state index in [9.17, 15) is 9.18 Å². The number of methoxy groups -OCH3 is 1. The van der Waals surface area contributed by atoms with Crippen molar-refractivity contribution in [1.29, 1.82) is 0 Å². The zero-order valence-corrected chi connectivity index (χ0v) is 15.4. The van der Waals surface area contributed by atoms with Crippen LogP contribution in [-0.2, 0) is 6.42 Å². The molecule has 5 nitrogen and oxygen atoms in total. The molecule has 0 saturated heterocycles. The number of likely N-dealkylation sites (N-methyl/N-ethyl adjacent to an activating group) is 1. The number of ether oxygens (including phenoxy) is 2. The summed E-state index contributed by atoms with van der Waals surface area (Å²) >= 11 is 0. The molecule has 2 aromatic carbocycles. The molecular weight excluding hydrogens is 335 g/mol. The minimum Gasteiger partial charge on any atom is -0.497 e. The van der Waals surface area contributed by atoms with E-state index in [1.807, 2.05) is 31.2 Å². The van der Waals surface area contributed by atoms with Crippen LogP contribution in [0.3, 0.4) is 0 Å². The first-order valence-electron chi connectivity index (χ1n) is 8.51. The van der Waals surface area contributed by atoms with Gasteiger partial charge in [0.2, 0.25) is 0 Å². The molecule has 0 radical (unpaired) electrons. The van der Waals surface area contributed by atoms with Gasteiger partial charge in [0.15, 0.2) is 0 Å². The number of benzene rings is 2. The van der Waals surface area contributed by atoms with Gasteiger partial charge in [0, 0.05) is 13.1 Å². The summed E-state index contributed by atoms with van der Waals surface area (Å²) in [6.07, 6.45) is 0.711. The Hall–Kier alpha value is -2.76. The zero-order chi connectivity index (χ0) is 18.9. The number of amides is 2. The van der Waals surface area contributed by atoms with Crippen molar-refractivity contribution in [1.82, 2.24) is 10.2 Å². The molecule has 0 bridgehead atoms. The highest BCUT2D eigenvalue weighted by molar-refractivity contribution is 5.74. The molecule has 2 amide bonds. The number of nitrogens with one attached hydrogen (secondary N) is 1. The lowest BCUT2D eigenvalue weighted by molar-refractivity contribution is 0.192. The van der Waals surface area contributed by atoms with Crippen LogP contribution in [0.25, 0.3) is 0 Å². The Morgan fingerprint density at radius 1 is 1.19 bits per heavy atom. The van der Waals surface area contributed by atoms with E-state index >= 15 is 0 Å². The van der Waals surface area contributed by atoms with Crippen LogP contribution in [-0.4, -0.2) is 44.3 Å². The summed E-state index contributed by atoms with van der Waals surface area (Å²) in [5, 5.41) is 2.96. The molecule has 1 atom stereocenters. The Bertz CT molecular complexity index is 706. The Balaban J connectivity index is 1.74. The van der Waals surface area contributed by atoms with Crippen molar-refractivity contribution in [3.05, 3.63) is 59.9 Å². The molecule has 6 heteroatoms. The molecule has 0 aliphatic carbocycles. The molecular formula is C20H25FN2O3. The molecule has 26 heavy (non-hydrogen) atoms. The first-order valence-corrected chi connectivity index (χ1v) is 8.51. The molecule has 140 valence electrons. The number of nitrogens with zero attached hydrogens (tertiary/aromatic N) is 1. The van der Waals surface area contributed by atoms with Crippen LogP contribution in [0.1, 0.15) is 12.5 Å². The van der Waals surface area contributed by atoms with Crippen LogP contribution in [0, 0.1) is 5.82 Å². The lowest BCUT2D eigenvalue weighted by atomic mass is 10.1. The lowest BCUT2D eigenvalue weighted by Crippen LogP contribution is -2.44. The van der Waals surface area contributed by atoms with Gasteiger partial charge in [0.25, 0.3) is 0 Å². The van der Waals surface area contributed by atoms with Crippen LogP contribution in [0.15, 0.2) is 48.5 Å². The summed E-state index contributed by atoms with van der Waals surface area (Å²) in [5.74, 6) is 1.07. The van der Waals surface area contributed by atoms with Gasteiger partial charge in [0.1, 0.15) is 23.9 Å². The monoisotopic (exact) mass is 360 g/mol. The number of hydrogen-bond donors (Lipinski definition) is 1. The van der Waals surface area contributed by atoms with Gasteiger partial charge in [-0.25, -0.2) is 9.18 Å². The Morgan fingerprint density at radius 2 is 1.92 bits per heavy atom. The van der Waals surface area contributed by atoms with Gasteiger partial charge in [-0.3, -0.25) is 0 Å². The van der Waals surface area contributed by atoms with Crippen molar-refractivity contribution < 1.29 is 18.7 Å². The first-order chi connectivity index (χ1) is 12.5. The Morgan fingerprint density at radius 3 is 2.62 bits per heavy atom. The fraction of sp³-hybridized carbons (Fsp3) is 0.350. The normalized spacial score (nSPS) is 11.5. The van der Waals surface area contributed by atoms with Crippen LogP contribution >= 0.6 is 0 Å². The van der Waals surface area contributed by atoms with Crippen LogP contribution in [0.4, 0.5) is 9.18 Å². The molecule has 0 aliphatic rings. The fourth-order valence-corrected chi connectivity index (χ4v) is 2.46. The molecule has 1 unspecified atom stereocenters. The van der Waals surface area contributed by atoms with Crippen molar-refractivity contribution in [2.24, 2.45) is 0 Å². The number of halogens is 1. The molecule has 0 heterocycles. The second-order valence-corrected chi connectivity index (χ2v) is 6.13. The summed E-state index contributed by atoms with van der Waals surface area (Å²) in [6, 6.07) is 13.4. The minimum absolute atomic E-state index is 0.0185. The second-order valence-electron chi connectivity index (χ2n) is 6.13. The smallest absolute Gasteiger partial charge is 0.317 e. The van der Waals surface area contributed by atoms with Crippen molar-refractivity contribution in [2.45, 2.75) is 19.4 Å². The lowest BCUT2D eigenvalue weighted by Gasteiger charge is -2.21.